The molecule has 0 radical (unpaired) electrons. The lowest BCUT2D eigenvalue weighted by Crippen LogP contribution is -2.42. The molecule has 0 bridgehead atoms. The number of halogens is 6. The molecule has 1 unspecified atom stereocenters. The topological polar surface area (TPSA) is 0 Å². The lowest BCUT2D eigenvalue weighted by atomic mass is 10.2. The van der Waals surface area contributed by atoms with Crippen LogP contribution in [0.25, 0.3) is 0 Å². The van der Waals surface area contributed by atoms with Crippen LogP contribution in [0.3, 0.4) is 0 Å². The average molecular weight is 199 g/mol. The Morgan fingerprint density at radius 3 is 1.50 bits per heavy atom. The van der Waals surface area contributed by atoms with E-state index >= 15 is 0 Å². The molecule has 0 rings (SSSR count). The van der Waals surface area contributed by atoms with E-state index in [0.717, 1.165) is 6.92 Å². The van der Waals surface area contributed by atoms with Gasteiger partial charge in [0.15, 0.2) is 0 Å². The van der Waals surface area contributed by atoms with Crippen LogP contribution in [0.15, 0.2) is 0 Å². The molecule has 62 valence electrons. The standard InChI is InChI=1S/C4H4Cl2F4/c1-2(5)3(7,8)4(6,9)10/h2H,1H3. The van der Waals surface area contributed by atoms with Gasteiger partial charge >= 0.3 is 11.3 Å². The van der Waals surface area contributed by atoms with Gasteiger partial charge in [0, 0.05) is 0 Å². The molecule has 0 N–H and O–H groups in total. The zero-order valence-corrected chi connectivity index (χ0v) is 6.36. The molecule has 0 amide bonds. The molecular weight excluding hydrogens is 195 g/mol. The van der Waals surface area contributed by atoms with Crippen molar-refractivity contribution < 1.29 is 17.6 Å². The molecule has 6 heteroatoms. The smallest absolute Gasteiger partial charge is 0.197 e. The van der Waals surface area contributed by atoms with Crippen LogP contribution in [-0.4, -0.2) is 16.7 Å². The van der Waals surface area contributed by atoms with Gasteiger partial charge in [0.25, 0.3) is 0 Å². The summed E-state index contributed by atoms with van der Waals surface area (Å²) in [6.07, 6.45) is 0. The van der Waals surface area contributed by atoms with Crippen LogP contribution in [0.2, 0.25) is 0 Å². The molecule has 0 nitrogen and oxygen atoms in total. The molecule has 0 aliphatic carbocycles. The first-order valence-corrected chi connectivity index (χ1v) is 3.09. The second kappa shape index (κ2) is 2.74. The highest BCUT2D eigenvalue weighted by Gasteiger charge is 2.58. The predicted octanol–water partition coefficient (Wildman–Crippen LogP) is 3.08. The number of alkyl halides is 6. The first kappa shape index (κ1) is 10.3. The van der Waals surface area contributed by atoms with Gasteiger partial charge in [-0.05, 0) is 18.5 Å². The van der Waals surface area contributed by atoms with Crippen LogP contribution in [0.1, 0.15) is 6.92 Å². The van der Waals surface area contributed by atoms with Crippen LogP contribution in [0, 0.1) is 0 Å². The fourth-order valence-corrected chi connectivity index (χ4v) is 0.582. The third kappa shape index (κ3) is 1.89. The summed E-state index contributed by atoms with van der Waals surface area (Å²) >= 11 is 8.79. The lowest BCUT2D eigenvalue weighted by Gasteiger charge is -2.22. The van der Waals surface area contributed by atoms with Crippen molar-refractivity contribution in [1.82, 2.24) is 0 Å². The Kier molecular flexibility index (Phi) is 2.82. The average Bonchev–Trinajstić information content (AvgIpc) is 1.62. The van der Waals surface area contributed by atoms with E-state index in [2.05, 4.69) is 11.6 Å². The van der Waals surface area contributed by atoms with Gasteiger partial charge in [-0.25, -0.2) is 0 Å². The summed E-state index contributed by atoms with van der Waals surface area (Å²) < 4.78 is 47.4. The lowest BCUT2D eigenvalue weighted by molar-refractivity contribution is -0.155. The Bertz CT molecular complexity index is 117. The maximum Gasteiger partial charge on any atom is 0.385 e. The SMILES string of the molecule is CC(Cl)C(F)(F)C(F)(F)Cl. The van der Waals surface area contributed by atoms with E-state index in [1.54, 1.807) is 0 Å². The summed E-state index contributed by atoms with van der Waals surface area (Å²) in [7, 11) is 0. The van der Waals surface area contributed by atoms with Gasteiger partial charge in [0.1, 0.15) is 5.38 Å². The molecule has 0 spiro atoms. The maximum absolute atomic E-state index is 12.0. The maximum atomic E-state index is 12.0. The van der Waals surface area contributed by atoms with Gasteiger partial charge in [-0.3, -0.25) is 0 Å². The minimum atomic E-state index is -4.58. The molecule has 0 saturated carbocycles. The fraction of sp³-hybridized carbons (Fsp3) is 1.00. The number of hydrogen-bond donors (Lipinski definition) is 0. The van der Waals surface area contributed by atoms with Crippen molar-refractivity contribution >= 4 is 23.2 Å². The molecule has 0 aliphatic rings. The van der Waals surface area contributed by atoms with Crippen LogP contribution in [0.5, 0.6) is 0 Å². The van der Waals surface area contributed by atoms with Crippen molar-refractivity contribution in [1.29, 1.82) is 0 Å². The van der Waals surface area contributed by atoms with Crippen molar-refractivity contribution in [2.45, 2.75) is 23.6 Å². The van der Waals surface area contributed by atoms with Gasteiger partial charge < -0.3 is 0 Å². The molecule has 0 aromatic rings. The fourth-order valence-electron chi connectivity index (χ4n) is 0.226. The largest absolute Gasteiger partial charge is 0.385 e. The highest BCUT2D eigenvalue weighted by atomic mass is 35.5. The van der Waals surface area contributed by atoms with Gasteiger partial charge in [-0.1, -0.05) is 0 Å². The van der Waals surface area contributed by atoms with Gasteiger partial charge in [0.05, 0.1) is 0 Å². The molecule has 0 aliphatic heterocycles. The molecular formula is C4H4Cl2F4. The van der Waals surface area contributed by atoms with Crippen LogP contribution < -0.4 is 0 Å². The Balaban J connectivity index is 4.40. The number of rotatable bonds is 2. The minimum Gasteiger partial charge on any atom is -0.197 e. The summed E-state index contributed by atoms with van der Waals surface area (Å²) in [5.74, 6) is -4.36. The summed E-state index contributed by atoms with van der Waals surface area (Å²) in [6.45, 7) is 0.748. The first-order chi connectivity index (χ1) is 4.19. The third-order valence-corrected chi connectivity index (χ3v) is 1.40. The van der Waals surface area contributed by atoms with E-state index in [9.17, 15) is 17.6 Å². The number of hydrogen-bond acceptors (Lipinski definition) is 0. The van der Waals surface area contributed by atoms with E-state index in [1.807, 2.05) is 0 Å². The third-order valence-electron chi connectivity index (χ3n) is 0.878. The first-order valence-electron chi connectivity index (χ1n) is 2.28. The van der Waals surface area contributed by atoms with E-state index in [4.69, 9.17) is 11.6 Å². The second-order valence-electron chi connectivity index (χ2n) is 1.74. The highest BCUT2D eigenvalue weighted by Crippen LogP contribution is 2.41. The molecule has 0 aromatic carbocycles. The van der Waals surface area contributed by atoms with Crippen molar-refractivity contribution in [2.24, 2.45) is 0 Å². The zero-order valence-electron chi connectivity index (χ0n) is 4.85. The molecule has 1 atom stereocenters. The van der Waals surface area contributed by atoms with Gasteiger partial charge in [0.2, 0.25) is 0 Å². The Morgan fingerprint density at radius 1 is 1.20 bits per heavy atom. The normalized spacial score (nSPS) is 17.1. The van der Waals surface area contributed by atoms with E-state index in [0.29, 0.717) is 0 Å². The van der Waals surface area contributed by atoms with Crippen molar-refractivity contribution in [2.75, 3.05) is 0 Å². The summed E-state index contributed by atoms with van der Waals surface area (Å²) in [5.41, 5.74) is 0. The van der Waals surface area contributed by atoms with Crippen LogP contribution in [-0.2, 0) is 0 Å². The summed E-state index contributed by atoms with van der Waals surface area (Å²) in [6, 6.07) is 0. The Morgan fingerprint density at radius 2 is 1.50 bits per heavy atom. The van der Waals surface area contributed by atoms with Crippen LogP contribution >= 0.6 is 23.2 Å². The summed E-state index contributed by atoms with van der Waals surface area (Å²) in [4.78, 5) is 0. The Hall–Kier alpha value is 0.300. The van der Waals surface area contributed by atoms with E-state index < -0.39 is 16.7 Å². The van der Waals surface area contributed by atoms with Gasteiger partial charge in [-0.15, -0.1) is 11.6 Å². The van der Waals surface area contributed by atoms with Crippen molar-refractivity contribution in [3.05, 3.63) is 0 Å². The second-order valence-corrected chi connectivity index (χ2v) is 2.87. The minimum absolute atomic E-state index is 0.748. The molecule has 0 aromatic heterocycles. The molecule has 10 heavy (non-hydrogen) atoms. The highest BCUT2D eigenvalue weighted by molar-refractivity contribution is 6.25. The monoisotopic (exact) mass is 198 g/mol. The van der Waals surface area contributed by atoms with Gasteiger partial charge in [-0.2, -0.15) is 17.6 Å². The molecule has 0 fully saturated rings. The predicted molar refractivity (Wildman–Crippen MR) is 31.1 cm³/mol. The van der Waals surface area contributed by atoms with Crippen molar-refractivity contribution in [3.8, 4) is 0 Å². The van der Waals surface area contributed by atoms with E-state index in [-0.39, 0.29) is 0 Å². The molecule has 0 saturated heterocycles. The summed E-state index contributed by atoms with van der Waals surface area (Å²) in [5, 5.41) is -6.56. The molecule has 0 heterocycles. The Labute approximate surface area is 65.1 Å². The van der Waals surface area contributed by atoms with E-state index in [1.165, 1.54) is 0 Å². The zero-order chi connectivity index (χ0) is 8.58. The van der Waals surface area contributed by atoms with Crippen LogP contribution in [0.4, 0.5) is 17.6 Å². The quantitative estimate of drug-likeness (QED) is 0.473. The van der Waals surface area contributed by atoms with Crippen molar-refractivity contribution in [3.63, 3.8) is 0 Å².